The van der Waals surface area contributed by atoms with Crippen LogP contribution in [0.1, 0.15) is 57.5 Å². The van der Waals surface area contributed by atoms with Gasteiger partial charge in [-0.15, -0.1) is 0 Å². The van der Waals surface area contributed by atoms with Gasteiger partial charge in [-0.2, -0.15) is 5.10 Å². The Balaban J connectivity index is 1.91. The molecule has 1 aliphatic rings. The summed E-state index contributed by atoms with van der Waals surface area (Å²) < 4.78 is 33.8. The smallest absolute Gasteiger partial charge is 0.408 e. The van der Waals surface area contributed by atoms with E-state index in [4.69, 9.17) is 4.74 Å². The minimum atomic E-state index is -2.83. The van der Waals surface area contributed by atoms with Gasteiger partial charge in [-0.25, -0.2) is 23.1 Å². The first kappa shape index (κ1) is 21.0. The molecule has 1 atom stereocenters. The third-order valence-electron chi connectivity index (χ3n) is 4.96. The van der Waals surface area contributed by atoms with Gasteiger partial charge in [0.05, 0.1) is 23.1 Å². The van der Waals surface area contributed by atoms with Gasteiger partial charge < -0.3 is 10.1 Å². The third-order valence-corrected chi connectivity index (χ3v) is 4.96. The molecule has 0 radical (unpaired) electrons. The molecule has 0 saturated heterocycles. The highest BCUT2D eigenvalue weighted by Crippen LogP contribution is 2.41. The van der Waals surface area contributed by atoms with E-state index in [-0.39, 0.29) is 28.5 Å². The molecule has 2 heterocycles. The minimum Gasteiger partial charge on any atom is -0.444 e. The average Bonchev–Trinajstić information content (AvgIpc) is 3.38. The van der Waals surface area contributed by atoms with Gasteiger partial charge in [0.2, 0.25) is 0 Å². The molecule has 1 saturated carbocycles. The highest BCUT2D eigenvalue weighted by atomic mass is 19.3. The number of alkyl carbamates (subject to hydrolysis) is 1. The van der Waals surface area contributed by atoms with Gasteiger partial charge in [-0.05, 0) is 45.6 Å². The van der Waals surface area contributed by atoms with E-state index >= 15 is 0 Å². The number of carbonyl (C=O) groups is 1. The van der Waals surface area contributed by atoms with E-state index in [1.54, 1.807) is 26.8 Å². The fourth-order valence-corrected chi connectivity index (χ4v) is 3.53. The molecule has 10 heteroatoms. The summed E-state index contributed by atoms with van der Waals surface area (Å²) in [5, 5.41) is 9.22. The van der Waals surface area contributed by atoms with Gasteiger partial charge >= 0.3 is 6.09 Å². The van der Waals surface area contributed by atoms with Crippen molar-refractivity contribution in [2.24, 2.45) is 5.92 Å². The summed E-state index contributed by atoms with van der Waals surface area (Å²) in [7, 11) is 0. The molecule has 4 rings (SSSR count). The van der Waals surface area contributed by atoms with Crippen LogP contribution in [0.15, 0.2) is 35.3 Å². The van der Waals surface area contributed by atoms with E-state index in [2.05, 4.69) is 20.5 Å². The molecule has 31 heavy (non-hydrogen) atoms. The van der Waals surface area contributed by atoms with E-state index in [0.29, 0.717) is 0 Å². The number of hydrogen-bond donors (Lipinski definition) is 2. The SMILES string of the molecule is CC(C)(C)OC(=O)N[C@H](c1nc2cccc(C(F)F)c2c(=O)n1-c1ccn[nH]1)C1CC1. The second-order valence-corrected chi connectivity index (χ2v) is 8.56. The van der Waals surface area contributed by atoms with Crippen LogP contribution in [0, 0.1) is 5.92 Å². The number of carbonyl (C=O) groups excluding carboxylic acids is 1. The van der Waals surface area contributed by atoms with E-state index < -0.39 is 35.3 Å². The van der Waals surface area contributed by atoms with Crippen molar-refractivity contribution in [1.82, 2.24) is 25.1 Å². The normalized spacial score (nSPS) is 15.3. The Morgan fingerprint density at radius 1 is 1.29 bits per heavy atom. The second-order valence-electron chi connectivity index (χ2n) is 8.56. The molecule has 2 N–H and O–H groups in total. The van der Waals surface area contributed by atoms with Crippen molar-refractivity contribution < 1.29 is 18.3 Å². The fourth-order valence-electron chi connectivity index (χ4n) is 3.53. The summed E-state index contributed by atoms with van der Waals surface area (Å²) in [4.78, 5) is 30.5. The zero-order valence-electron chi connectivity index (χ0n) is 17.4. The lowest BCUT2D eigenvalue weighted by atomic mass is 10.1. The Kier molecular flexibility index (Phi) is 5.24. The molecule has 0 bridgehead atoms. The molecule has 8 nitrogen and oxygen atoms in total. The number of fused-ring (bicyclic) bond motifs is 1. The van der Waals surface area contributed by atoms with Gasteiger partial charge in [0.15, 0.2) is 0 Å². The first-order valence-electron chi connectivity index (χ1n) is 9.98. The first-order chi connectivity index (χ1) is 14.7. The van der Waals surface area contributed by atoms with E-state index in [1.165, 1.54) is 29.0 Å². The number of nitrogens with zero attached hydrogens (tertiary/aromatic N) is 3. The van der Waals surface area contributed by atoms with Crippen molar-refractivity contribution in [3.05, 3.63) is 52.2 Å². The molecular weight excluding hydrogens is 408 g/mol. The molecule has 1 aromatic carbocycles. The summed E-state index contributed by atoms with van der Waals surface area (Å²) in [6.45, 7) is 5.25. The Bertz CT molecular complexity index is 1160. The zero-order chi connectivity index (χ0) is 22.3. The number of ether oxygens (including phenoxy) is 1. The molecule has 1 aliphatic carbocycles. The van der Waals surface area contributed by atoms with Crippen LogP contribution < -0.4 is 10.9 Å². The number of hydrogen-bond acceptors (Lipinski definition) is 5. The second kappa shape index (κ2) is 7.75. The number of benzene rings is 1. The fraction of sp³-hybridized carbons (Fsp3) is 0.429. The highest BCUT2D eigenvalue weighted by molar-refractivity contribution is 5.82. The molecule has 1 fully saturated rings. The summed E-state index contributed by atoms with van der Waals surface area (Å²) in [6, 6.07) is 5.07. The molecule has 0 aliphatic heterocycles. The Hall–Kier alpha value is -3.30. The predicted molar refractivity (Wildman–Crippen MR) is 109 cm³/mol. The Morgan fingerprint density at radius 3 is 2.61 bits per heavy atom. The van der Waals surface area contributed by atoms with Crippen LogP contribution in [-0.4, -0.2) is 31.4 Å². The van der Waals surface area contributed by atoms with Crippen LogP contribution >= 0.6 is 0 Å². The number of aromatic nitrogens is 4. The van der Waals surface area contributed by atoms with E-state index in [1.807, 2.05) is 0 Å². The van der Waals surface area contributed by atoms with Crippen molar-refractivity contribution in [3.63, 3.8) is 0 Å². The predicted octanol–water partition coefficient (Wildman–Crippen LogP) is 4.02. The standard InChI is InChI=1S/C21H23F2N5O3/c1-21(2,3)31-20(30)26-16(11-7-8-11)18-25-13-6-4-5-12(17(22)23)15(13)19(29)28(18)14-9-10-24-27-14/h4-6,9-11,16-17H,7-8H2,1-3H3,(H,24,27)(H,26,30)/t16-/m0/s1. The summed E-state index contributed by atoms with van der Waals surface area (Å²) in [5.74, 6) is 0.556. The lowest BCUT2D eigenvalue weighted by molar-refractivity contribution is 0.0493. The highest BCUT2D eigenvalue weighted by Gasteiger charge is 2.38. The summed E-state index contributed by atoms with van der Waals surface area (Å²) in [5.41, 5.74) is -1.61. The Morgan fingerprint density at radius 2 is 2.03 bits per heavy atom. The molecular formula is C21H23F2N5O3. The van der Waals surface area contributed by atoms with Crippen molar-refractivity contribution in [3.8, 4) is 5.82 Å². The maximum absolute atomic E-state index is 13.6. The van der Waals surface area contributed by atoms with Crippen molar-refractivity contribution in [2.45, 2.75) is 51.7 Å². The number of alkyl halides is 2. The third kappa shape index (κ3) is 4.28. The zero-order valence-corrected chi connectivity index (χ0v) is 17.4. The van der Waals surface area contributed by atoms with Crippen molar-refractivity contribution in [2.75, 3.05) is 0 Å². The topological polar surface area (TPSA) is 102 Å². The number of rotatable bonds is 5. The summed E-state index contributed by atoms with van der Waals surface area (Å²) in [6.07, 6.45) is -0.375. The van der Waals surface area contributed by atoms with Crippen LogP contribution in [0.25, 0.3) is 16.7 Å². The van der Waals surface area contributed by atoms with Gasteiger partial charge in [-0.1, -0.05) is 12.1 Å². The van der Waals surface area contributed by atoms with Crippen LogP contribution in [-0.2, 0) is 4.74 Å². The molecule has 164 valence electrons. The number of nitrogens with one attached hydrogen (secondary N) is 2. The monoisotopic (exact) mass is 431 g/mol. The lowest BCUT2D eigenvalue weighted by Crippen LogP contribution is -2.39. The van der Waals surface area contributed by atoms with Gasteiger partial charge in [-0.3, -0.25) is 9.89 Å². The number of amides is 1. The average molecular weight is 431 g/mol. The van der Waals surface area contributed by atoms with Gasteiger partial charge in [0.1, 0.15) is 17.2 Å². The van der Waals surface area contributed by atoms with Crippen LogP contribution in [0.3, 0.4) is 0 Å². The van der Waals surface area contributed by atoms with E-state index in [0.717, 1.165) is 12.8 Å². The maximum Gasteiger partial charge on any atom is 0.408 e. The number of halogens is 2. The molecule has 0 unspecified atom stereocenters. The molecule has 2 aromatic heterocycles. The van der Waals surface area contributed by atoms with Crippen LogP contribution in [0.2, 0.25) is 0 Å². The molecule has 3 aromatic rings. The summed E-state index contributed by atoms with van der Waals surface area (Å²) >= 11 is 0. The van der Waals surface area contributed by atoms with Gasteiger partial charge in [0, 0.05) is 11.6 Å². The van der Waals surface area contributed by atoms with Crippen LogP contribution in [0.5, 0.6) is 0 Å². The maximum atomic E-state index is 13.6. The number of H-pyrrole nitrogens is 1. The van der Waals surface area contributed by atoms with E-state index in [9.17, 15) is 18.4 Å². The van der Waals surface area contributed by atoms with Crippen LogP contribution in [0.4, 0.5) is 13.6 Å². The first-order valence-corrected chi connectivity index (χ1v) is 9.98. The van der Waals surface area contributed by atoms with Crippen molar-refractivity contribution in [1.29, 1.82) is 0 Å². The Labute approximate surface area is 176 Å². The van der Waals surface area contributed by atoms with Crippen molar-refractivity contribution >= 4 is 17.0 Å². The molecule has 1 amide bonds. The number of aromatic amines is 1. The quantitative estimate of drug-likeness (QED) is 0.635. The van der Waals surface area contributed by atoms with Gasteiger partial charge in [0.25, 0.3) is 12.0 Å². The minimum absolute atomic E-state index is 0.0457. The lowest BCUT2D eigenvalue weighted by Gasteiger charge is -2.25. The largest absolute Gasteiger partial charge is 0.444 e. The molecule has 0 spiro atoms.